The zero-order valence-corrected chi connectivity index (χ0v) is 6.76. The molecule has 1 atom stereocenters. The summed E-state index contributed by atoms with van der Waals surface area (Å²) in [5.41, 5.74) is 3.76. The van der Waals surface area contributed by atoms with Crippen molar-refractivity contribution in [3.8, 4) is 0 Å². The van der Waals surface area contributed by atoms with E-state index in [1.54, 1.807) is 0 Å². The molecule has 0 aliphatic rings. The van der Waals surface area contributed by atoms with Crippen molar-refractivity contribution in [2.45, 2.75) is 26.3 Å². The minimum absolute atomic E-state index is 0.634. The van der Waals surface area contributed by atoms with Gasteiger partial charge in [0.2, 0.25) is 0 Å². The zero-order valence-electron chi connectivity index (χ0n) is 6.00. The molecule has 0 rings (SSSR count). The Hall–Kier alpha value is 0.0900. The molecule has 3 N–H and O–H groups in total. The first kappa shape index (κ1) is 12.7. The molecule has 0 fully saturated rings. The first-order valence-corrected chi connectivity index (χ1v) is 3.95. The van der Waals surface area contributed by atoms with Crippen LogP contribution in [0.4, 0.5) is 0 Å². The first-order valence-electron chi connectivity index (χ1n) is 2.72. The molecular formula is C4H12ClNO4. The maximum absolute atomic E-state index is 8.49. The number of quaternary nitrogens is 1. The molecule has 6 heteroatoms. The maximum atomic E-state index is 8.49. The molecule has 0 aromatic carbocycles. The van der Waals surface area contributed by atoms with Gasteiger partial charge in [0, 0.05) is 0 Å². The van der Waals surface area contributed by atoms with Crippen LogP contribution in [-0.2, 0) is 0 Å². The van der Waals surface area contributed by atoms with E-state index in [-0.39, 0.29) is 0 Å². The molecule has 0 aliphatic heterocycles. The van der Waals surface area contributed by atoms with Crippen molar-refractivity contribution in [1.82, 2.24) is 0 Å². The molecule has 10 heavy (non-hydrogen) atoms. The summed E-state index contributed by atoms with van der Waals surface area (Å²) in [5.74, 6) is 0. The van der Waals surface area contributed by atoms with Crippen molar-refractivity contribution >= 4 is 0 Å². The van der Waals surface area contributed by atoms with Crippen LogP contribution in [-0.4, -0.2) is 6.04 Å². The second-order valence-corrected chi connectivity index (χ2v) is 2.65. The fourth-order valence-corrected chi connectivity index (χ4v) is 0. The Kier molecular flexibility index (Phi) is 7.44. The summed E-state index contributed by atoms with van der Waals surface area (Å²) in [6.07, 6.45) is 1.19. The van der Waals surface area contributed by atoms with Gasteiger partial charge in [0.25, 0.3) is 0 Å². The van der Waals surface area contributed by atoms with Crippen LogP contribution in [0, 0.1) is 10.2 Å². The normalized spacial score (nSPS) is 13.5. The molecule has 5 nitrogen and oxygen atoms in total. The quantitative estimate of drug-likeness (QED) is 0.428. The number of halogens is 1. The molecule has 0 aromatic rings. The highest BCUT2D eigenvalue weighted by Crippen LogP contribution is 1.74. The highest BCUT2D eigenvalue weighted by molar-refractivity contribution is 4.31. The van der Waals surface area contributed by atoms with E-state index in [1.807, 2.05) is 0 Å². The summed E-state index contributed by atoms with van der Waals surface area (Å²) in [6, 6.07) is 0.634. The van der Waals surface area contributed by atoms with Crippen LogP contribution >= 0.6 is 0 Å². The van der Waals surface area contributed by atoms with Crippen molar-refractivity contribution in [2.24, 2.45) is 0 Å². The van der Waals surface area contributed by atoms with E-state index in [4.69, 9.17) is 18.6 Å². The highest BCUT2D eigenvalue weighted by Gasteiger charge is 1.84. The second-order valence-electron chi connectivity index (χ2n) is 1.89. The van der Waals surface area contributed by atoms with E-state index in [0.29, 0.717) is 6.04 Å². The van der Waals surface area contributed by atoms with Gasteiger partial charge in [-0.15, -0.1) is 10.2 Å². The van der Waals surface area contributed by atoms with Gasteiger partial charge in [-0.1, -0.05) is 6.92 Å². The van der Waals surface area contributed by atoms with Crippen LogP contribution in [0.25, 0.3) is 0 Å². The van der Waals surface area contributed by atoms with Gasteiger partial charge in [0.05, 0.1) is 6.04 Å². The lowest BCUT2D eigenvalue weighted by Gasteiger charge is -2.17. The standard InChI is InChI=1S/C4H11N.ClHO4/c1-3-4(2)5;2-1(3,4)5/h4H,3,5H2,1-2H3;(H,2,3,4,5). The van der Waals surface area contributed by atoms with E-state index in [2.05, 4.69) is 19.6 Å². The molecule has 0 aliphatic carbocycles. The molecule has 1 unspecified atom stereocenters. The minimum atomic E-state index is -4.94. The van der Waals surface area contributed by atoms with Crippen LogP contribution in [0.5, 0.6) is 0 Å². The smallest absolute Gasteiger partial charge is 0.0812 e. The fraction of sp³-hybridized carbons (Fsp3) is 1.00. The first-order chi connectivity index (χ1) is 4.27. The molecule has 0 aromatic heterocycles. The number of hydrogen-bond donors (Lipinski definition) is 1. The fourth-order valence-electron chi connectivity index (χ4n) is 0. The molecule has 0 spiro atoms. The molecule has 0 radical (unpaired) electrons. The molecule has 64 valence electrons. The Bertz CT molecular complexity index is 66.1. The van der Waals surface area contributed by atoms with Crippen molar-refractivity contribution in [1.29, 1.82) is 0 Å². The summed E-state index contributed by atoms with van der Waals surface area (Å²) < 4.78 is 34.0. The van der Waals surface area contributed by atoms with Gasteiger partial charge in [-0.2, -0.15) is 0 Å². The highest BCUT2D eigenvalue weighted by atomic mass is 35.7. The average molecular weight is 174 g/mol. The van der Waals surface area contributed by atoms with Crippen molar-refractivity contribution in [2.75, 3.05) is 0 Å². The van der Waals surface area contributed by atoms with Crippen LogP contribution in [0.15, 0.2) is 0 Å². The lowest BCUT2D eigenvalue weighted by molar-refractivity contribution is -2.00. The average Bonchev–Trinajstić information content (AvgIpc) is 1.61. The third-order valence-electron chi connectivity index (χ3n) is 0.697. The van der Waals surface area contributed by atoms with Crippen molar-refractivity contribution in [3.05, 3.63) is 0 Å². The van der Waals surface area contributed by atoms with Crippen LogP contribution in [0.1, 0.15) is 20.3 Å². The van der Waals surface area contributed by atoms with Crippen molar-refractivity contribution < 1.29 is 34.6 Å². The zero-order chi connectivity index (χ0) is 8.78. The predicted molar refractivity (Wildman–Crippen MR) is 22.6 cm³/mol. The van der Waals surface area contributed by atoms with Crippen molar-refractivity contribution in [3.63, 3.8) is 0 Å². The van der Waals surface area contributed by atoms with Gasteiger partial charge in [0.15, 0.2) is 0 Å². The van der Waals surface area contributed by atoms with E-state index in [9.17, 15) is 0 Å². The van der Waals surface area contributed by atoms with Gasteiger partial charge in [-0.05, 0) is 13.3 Å². The Morgan fingerprint density at radius 2 is 1.40 bits per heavy atom. The molecule has 0 heterocycles. The summed E-state index contributed by atoms with van der Waals surface area (Å²) in [7, 11) is -4.94. The predicted octanol–water partition coefficient (Wildman–Crippen LogP) is -4.73. The Balaban J connectivity index is 0. The van der Waals surface area contributed by atoms with E-state index in [1.165, 1.54) is 6.42 Å². The molecular weight excluding hydrogens is 162 g/mol. The maximum Gasteiger partial charge on any atom is 0.0812 e. The third kappa shape index (κ3) is 93.1. The molecule has 0 saturated carbocycles. The van der Waals surface area contributed by atoms with Gasteiger partial charge in [-0.25, -0.2) is 18.6 Å². The third-order valence-corrected chi connectivity index (χ3v) is 0.697. The Morgan fingerprint density at radius 1 is 1.30 bits per heavy atom. The van der Waals surface area contributed by atoms with E-state index in [0.717, 1.165) is 0 Å². The van der Waals surface area contributed by atoms with Gasteiger partial charge >= 0.3 is 0 Å². The Morgan fingerprint density at radius 3 is 1.40 bits per heavy atom. The van der Waals surface area contributed by atoms with Gasteiger partial charge in [-0.3, -0.25) is 0 Å². The monoisotopic (exact) mass is 173 g/mol. The SMILES string of the molecule is CCC(C)[NH3+].[O-][Cl+3]([O-])([O-])[O-]. The Labute approximate surface area is 61.8 Å². The second kappa shape index (κ2) is 5.84. The molecule has 0 amide bonds. The lowest BCUT2D eigenvalue weighted by atomic mass is 10.3. The van der Waals surface area contributed by atoms with E-state index >= 15 is 0 Å². The summed E-state index contributed by atoms with van der Waals surface area (Å²) in [6.45, 7) is 4.25. The minimum Gasteiger partial charge on any atom is -0.355 e. The van der Waals surface area contributed by atoms with Gasteiger partial charge < -0.3 is 5.73 Å². The number of hydrogen-bond acceptors (Lipinski definition) is 4. The lowest BCUT2D eigenvalue weighted by Crippen LogP contribution is -2.68. The summed E-state index contributed by atoms with van der Waals surface area (Å²) in [4.78, 5) is 0. The summed E-state index contributed by atoms with van der Waals surface area (Å²) in [5, 5.41) is 0. The van der Waals surface area contributed by atoms with Gasteiger partial charge in [0.1, 0.15) is 0 Å². The topological polar surface area (TPSA) is 120 Å². The van der Waals surface area contributed by atoms with Crippen LogP contribution in [0.3, 0.4) is 0 Å². The summed E-state index contributed by atoms with van der Waals surface area (Å²) >= 11 is 0. The molecule has 0 saturated heterocycles. The van der Waals surface area contributed by atoms with Crippen LogP contribution < -0.4 is 24.4 Å². The molecule has 0 bridgehead atoms. The number of rotatable bonds is 1. The van der Waals surface area contributed by atoms with E-state index < -0.39 is 10.2 Å². The largest absolute Gasteiger partial charge is 0.355 e. The van der Waals surface area contributed by atoms with Crippen LogP contribution in [0.2, 0.25) is 0 Å².